The second kappa shape index (κ2) is 49.3. The SMILES string of the molecule is CCCCCCC/C=C/C(O)C(COC1OC(CO)C(OC2OC(CO)C(OC3OC(CO)C(O)C(O)C3O)C(O)C2O)C(O)C1O)NC(=O)CCCCCCCCCCCCCCCCCCCCCCCCCCCCCCCCCCC. The third-order valence-corrected chi connectivity index (χ3v) is 17.6. The van der Waals surface area contributed by atoms with E-state index in [0.717, 1.165) is 57.8 Å². The Bertz CT molecular complexity index is 1600. The van der Waals surface area contributed by atoms with Crippen molar-refractivity contribution >= 4 is 5.91 Å². The van der Waals surface area contributed by atoms with Gasteiger partial charge in [-0.15, -0.1) is 0 Å². The lowest BCUT2D eigenvalue weighted by Crippen LogP contribution is -2.66. The molecule has 0 aliphatic carbocycles. The van der Waals surface area contributed by atoms with Crippen LogP contribution in [0, 0.1) is 0 Å². The van der Waals surface area contributed by atoms with Crippen molar-refractivity contribution in [3.05, 3.63) is 12.2 Å². The molecule has 17 unspecified atom stereocenters. The number of hydrogen-bond donors (Lipinski definition) is 12. The number of nitrogens with one attached hydrogen (secondary N) is 1. The van der Waals surface area contributed by atoms with E-state index in [1.54, 1.807) is 6.08 Å². The zero-order valence-electron chi connectivity index (χ0n) is 52.9. The molecule has 0 aromatic heterocycles. The van der Waals surface area contributed by atoms with Crippen molar-refractivity contribution in [2.75, 3.05) is 26.4 Å². The van der Waals surface area contributed by atoms with Crippen LogP contribution in [0.25, 0.3) is 0 Å². The van der Waals surface area contributed by atoms with E-state index in [0.29, 0.717) is 6.42 Å². The summed E-state index contributed by atoms with van der Waals surface area (Å²) in [6.45, 7) is 1.68. The van der Waals surface area contributed by atoms with Gasteiger partial charge in [0, 0.05) is 6.42 Å². The molecule has 0 radical (unpaired) electrons. The molecule has 3 rings (SSSR count). The molecule has 3 aliphatic rings. The summed E-state index contributed by atoms with van der Waals surface area (Å²) in [5.41, 5.74) is 0. The highest BCUT2D eigenvalue weighted by atomic mass is 16.8. The Morgan fingerprint density at radius 3 is 1.11 bits per heavy atom. The molecular formula is C66H125NO18. The first-order chi connectivity index (χ1) is 41.3. The van der Waals surface area contributed by atoms with E-state index in [4.69, 9.17) is 28.4 Å². The van der Waals surface area contributed by atoms with E-state index < -0.39 is 124 Å². The van der Waals surface area contributed by atoms with E-state index in [1.165, 1.54) is 186 Å². The lowest BCUT2D eigenvalue weighted by molar-refractivity contribution is -0.379. The number of unbranched alkanes of at least 4 members (excludes halogenated alkanes) is 37. The van der Waals surface area contributed by atoms with Gasteiger partial charge in [-0.25, -0.2) is 0 Å². The van der Waals surface area contributed by atoms with Crippen LogP contribution in [0.2, 0.25) is 0 Å². The van der Waals surface area contributed by atoms with Gasteiger partial charge in [0.25, 0.3) is 0 Å². The van der Waals surface area contributed by atoms with Crippen molar-refractivity contribution in [2.45, 2.75) is 375 Å². The molecule has 0 spiro atoms. The molecule has 3 aliphatic heterocycles. The zero-order valence-corrected chi connectivity index (χ0v) is 52.9. The van der Waals surface area contributed by atoms with Crippen molar-refractivity contribution in [3.63, 3.8) is 0 Å². The summed E-state index contributed by atoms with van der Waals surface area (Å²) in [6, 6.07) is -0.965. The smallest absolute Gasteiger partial charge is 0.220 e. The first-order valence-electron chi connectivity index (χ1n) is 34.4. The molecule has 502 valence electrons. The van der Waals surface area contributed by atoms with Gasteiger partial charge in [-0.2, -0.15) is 0 Å². The molecule has 3 fully saturated rings. The highest BCUT2D eigenvalue weighted by Crippen LogP contribution is 2.33. The highest BCUT2D eigenvalue weighted by molar-refractivity contribution is 5.76. The van der Waals surface area contributed by atoms with Gasteiger partial charge in [-0.1, -0.05) is 257 Å². The Balaban J connectivity index is 1.29. The maximum absolute atomic E-state index is 13.3. The van der Waals surface area contributed by atoms with Gasteiger partial charge < -0.3 is 89.9 Å². The normalized spacial score (nSPS) is 29.0. The maximum Gasteiger partial charge on any atom is 0.220 e. The molecule has 17 atom stereocenters. The number of allylic oxidation sites excluding steroid dienone is 1. The topological polar surface area (TPSA) is 307 Å². The molecule has 85 heavy (non-hydrogen) atoms. The van der Waals surface area contributed by atoms with Crippen LogP contribution in [0.1, 0.15) is 271 Å². The summed E-state index contributed by atoms with van der Waals surface area (Å²) < 4.78 is 34.2. The first-order valence-corrected chi connectivity index (χ1v) is 34.4. The van der Waals surface area contributed by atoms with Crippen LogP contribution in [-0.2, 0) is 33.2 Å². The zero-order chi connectivity index (χ0) is 61.9. The number of ether oxygens (including phenoxy) is 6. The second-order valence-electron chi connectivity index (χ2n) is 25.0. The van der Waals surface area contributed by atoms with E-state index in [1.807, 2.05) is 6.08 Å². The Morgan fingerprint density at radius 2 is 0.729 bits per heavy atom. The minimum absolute atomic E-state index is 0.248. The fraction of sp³-hybridized carbons (Fsp3) is 0.955. The highest BCUT2D eigenvalue weighted by Gasteiger charge is 2.53. The molecule has 19 nitrogen and oxygen atoms in total. The van der Waals surface area contributed by atoms with Crippen molar-refractivity contribution in [2.24, 2.45) is 0 Å². The van der Waals surface area contributed by atoms with Gasteiger partial charge in [0.05, 0.1) is 38.6 Å². The number of aliphatic hydroxyl groups is 11. The summed E-state index contributed by atoms with van der Waals surface area (Å²) >= 11 is 0. The Labute approximate surface area is 512 Å². The minimum Gasteiger partial charge on any atom is -0.394 e. The lowest BCUT2D eigenvalue weighted by Gasteiger charge is -2.48. The molecule has 3 heterocycles. The number of carbonyl (C=O) groups excluding carboxylic acids is 1. The van der Waals surface area contributed by atoms with Crippen molar-refractivity contribution in [1.29, 1.82) is 0 Å². The molecule has 0 bridgehead atoms. The third kappa shape index (κ3) is 31.9. The quantitative estimate of drug-likeness (QED) is 0.0201. The molecule has 0 aromatic carbocycles. The molecule has 3 saturated heterocycles. The number of hydrogen-bond acceptors (Lipinski definition) is 18. The van der Waals surface area contributed by atoms with Crippen LogP contribution >= 0.6 is 0 Å². The van der Waals surface area contributed by atoms with Crippen LogP contribution in [0.4, 0.5) is 0 Å². The molecule has 1 amide bonds. The Hall–Kier alpha value is -1.47. The van der Waals surface area contributed by atoms with E-state index in [9.17, 15) is 61.0 Å². The maximum atomic E-state index is 13.3. The summed E-state index contributed by atoms with van der Waals surface area (Å²) in [5, 5.41) is 120. The average Bonchev–Trinajstić information content (AvgIpc) is 2.11. The molecule has 19 heteroatoms. The van der Waals surface area contributed by atoms with Gasteiger partial charge in [0.2, 0.25) is 5.91 Å². The van der Waals surface area contributed by atoms with Gasteiger partial charge in [0.1, 0.15) is 73.2 Å². The Kier molecular flexibility index (Phi) is 45.1. The van der Waals surface area contributed by atoms with Crippen LogP contribution in [0.3, 0.4) is 0 Å². The van der Waals surface area contributed by atoms with Crippen LogP contribution in [0.15, 0.2) is 12.2 Å². The largest absolute Gasteiger partial charge is 0.394 e. The number of carbonyl (C=O) groups is 1. The van der Waals surface area contributed by atoms with E-state index in [-0.39, 0.29) is 18.9 Å². The standard InChI is InChI=1S/C66H125NO18/c1-3-5-7-9-11-12-13-14-15-16-17-18-19-20-21-22-23-24-25-26-27-28-29-30-31-32-33-34-35-36-38-40-42-44-54(72)67-49(50(71)43-41-39-37-10-8-6-4-2)48-80-64-60(78)57(75)62(52(46-69)82-64)85-66-61(79)58(76)63(53(47-70)83-66)84-65-59(77)56(74)55(73)51(45-68)81-65/h41,43,49-53,55-66,68-71,73-79H,3-40,42,44-48H2,1-2H3,(H,67,72)/b43-41+. The number of amides is 1. The van der Waals surface area contributed by atoms with E-state index in [2.05, 4.69) is 19.2 Å². The van der Waals surface area contributed by atoms with Crippen LogP contribution < -0.4 is 5.32 Å². The fourth-order valence-corrected chi connectivity index (χ4v) is 12.0. The van der Waals surface area contributed by atoms with Gasteiger partial charge in [0.15, 0.2) is 18.9 Å². The average molecular weight is 1220 g/mol. The molecule has 12 N–H and O–H groups in total. The predicted octanol–water partition coefficient (Wildman–Crippen LogP) is 8.50. The van der Waals surface area contributed by atoms with Crippen molar-refractivity contribution in [1.82, 2.24) is 5.32 Å². The van der Waals surface area contributed by atoms with E-state index >= 15 is 0 Å². The van der Waals surface area contributed by atoms with Crippen LogP contribution in [0.5, 0.6) is 0 Å². The van der Waals surface area contributed by atoms with Crippen molar-refractivity contribution < 1.29 is 89.4 Å². The predicted molar refractivity (Wildman–Crippen MR) is 328 cm³/mol. The van der Waals surface area contributed by atoms with Crippen LogP contribution in [-0.4, -0.2) is 193 Å². The second-order valence-corrected chi connectivity index (χ2v) is 25.0. The molecular weight excluding hydrogens is 1090 g/mol. The van der Waals surface area contributed by atoms with Gasteiger partial charge in [-0.3, -0.25) is 4.79 Å². The first kappa shape index (κ1) is 77.8. The van der Waals surface area contributed by atoms with Gasteiger partial charge in [-0.05, 0) is 19.3 Å². The summed E-state index contributed by atoms with van der Waals surface area (Å²) in [4.78, 5) is 13.3. The summed E-state index contributed by atoms with van der Waals surface area (Å²) in [5.74, 6) is -0.275. The monoisotopic (exact) mass is 1220 g/mol. The summed E-state index contributed by atoms with van der Waals surface area (Å²) in [7, 11) is 0. The molecule has 0 aromatic rings. The molecule has 0 saturated carbocycles. The number of aliphatic hydroxyl groups excluding tert-OH is 11. The number of rotatable bonds is 53. The summed E-state index contributed by atoms with van der Waals surface area (Å²) in [6.07, 6.45) is 27.1. The minimum atomic E-state index is -1.97. The Morgan fingerprint density at radius 1 is 0.412 bits per heavy atom. The fourth-order valence-electron chi connectivity index (χ4n) is 12.0. The van der Waals surface area contributed by atoms with Gasteiger partial charge >= 0.3 is 0 Å². The third-order valence-electron chi connectivity index (χ3n) is 17.6. The van der Waals surface area contributed by atoms with Crippen molar-refractivity contribution in [3.8, 4) is 0 Å². The lowest BCUT2D eigenvalue weighted by atomic mass is 9.96.